The summed E-state index contributed by atoms with van der Waals surface area (Å²) in [6.45, 7) is 9.03. The third-order valence-corrected chi connectivity index (χ3v) is 3.94. The molecule has 0 bridgehead atoms. The maximum absolute atomic E-state index is 12.0. The monoisotopic (exact) mass is 384 g/mol. The summed E-state index contributed by atoms with van der Waals surface area (Å²) in [6, 6.07) is -0.237. The second-order valence-electron chi connectivity index (χ2n) is 6.65. The summed E-state index contributed by atoms with van der Waals surface area (Å²) < 4.78 is 0. The molecule has 8 heteroatoms. The number of likely N-dealkylation sites (tertiary alicyclic amines) is 1. The first kappa shape index (κ1) is 25.7. The van der Waals surface area contributed by atoms with Crippen LogP contribution >= 0.6 is 24.8 Å². The minimum Gasteiger partial charge on any atom is -0.355 e. The van der Waals surface area contributed by atoms with Crippen LogP contribution in [0.25, 0.3) is 0 Å². The van der Waals surface area contributed by atoms with E-state index < -0.39 is 6.04 Å². The molecule has 0 radical (unpaired) electrons. The van der Waals surface area contributed by atoms with E-state index in [9.17, 15) is 9.59 Å². The molecule has 1 heterocycles. The summed E-state index contributed by atoms with van der Waals surface area (Å²) in [5, 5.41) is 5.93. The lowest BCUT2D eigenvalue weighted by molar-refractivity contribution is -0.125. The van der Waals surface area contributed by atoms with Crippen LogP contribution in [0.5, 0.6) is 0 Å². The third kappa shape index (κ3) is 10.3. The number of nitrogens with one attached hydrogen (secondary N) is 2. The number of rotatable bonds is 8. The molecule has 0 unspecified atom stereocenters. The summed E-state index contributed by atoms with van der Waals surface area (Å²) in [4.78, 5) is 25.8. The lowest BCUT2D eigenvalue weighted by Crippen LogP contribution is -2.51. The Kier molecular flexibility index (Phi) is 14.7. The molecule has 144 valence electrons. The molecule has 0 aliphatic carbocycles. The molecule has 6 nitrogen and oxygen atoms in total. The highest BCUT2D eigenvalue weighted by atomic mass is 35.5. The van der Waals surface area contributed by atoms with Crippen LogP contribution in [0.3, 0.4) is 0 Å². The maximum Gasteiger partial charge on any atom is 0.237 e. The number of hydrogen-bond donors (Lipinski definition) is 3. The van der Waals surface area contributed by atoms with Crippen molar-refractivity contribution >= 4 is 36.6 Å². The highest BCUT2D eigenvalue weighted by Gasteiger charge is 2.24. The minimum absolute atomic E-state index is 0. The molecule has 1 aliphatic rings. The number of halogens is 2. The van der Waals surface area contributed by atoms with Gasteiger partial charge in [0.2, 0.25) is 11.8 Å². The first-order chi connectivity index (χ1) is 10.4. The van der Waals surface area contributed by atoms with E-state index in [1.807, 2.05) is 6.92 Å². The van der Waals surface area contributed by atoms with E-state index in [-0.39, 0.29) is 42.7 Å². The van der Waals surface area contributed by atoms with Gasteiger partial charge in [0.05, 0.1) is 12.6 Å². The predicted octanol–water partition coefficient (Wildman–Crippen LogP) is 1.31. The van der Waals surface area contributed by atoms with Gasteiger partial charge in [0.25, 0.3) is 0 Å². The zero-order valence-corrected chi connectivity index (χ0v) is 16.7. The molecule has 0 spiro atoms. The Labute approximate surface area is 158 Å². The standard InChI is InChI=1S/C16H32N4O2.2ClH/c1-4-7-18-15(21)11-20-8-5-13(6-9-20)19-16(22)14(17)10-12(2)3;;/h12-14H,4-11,17H2,1-3H3,(H,18,21)(H,19,22);2*1H/t14-;;/m0../s1. The largest absolute Gasteiger partial charge is 0.355 e. The molecule has 2 amide bonds. The summed E-state index contributed by atoms with van der Waals surface area (Å²) in [7, 11) is 0. The summed E-state index contributed by atoms with van der Waals surface area (Å²) >= 11 is 0. The fourth-order valence-corrected chi connectivity index (χ4v) is 2.68. The van der Waals surface area contributed by atoms with Gasteiger partial charge in [-0.3, -0.25) is 14.5 Å². The zero-order chi connectivity index (χ0) is 16.5. The van der Waals surface area contributed by atoms with E-state index in [1.165, 1.54) is 0 Å². The Morgan fingerprint density at radius 1 is 1.21 bits per heavy atom. The van der Waals surface area contributed by atoms with Gasteiger partial charge in [0.1, 0.15) is 0 Å². The second kappa shape index (κ2) is 13.7. The van der Waals surface area contributed by atoms with Crippen LogP contribution in [0.4, 0.5) is 0 Å². The van der Waals surface area contributed by atoms with Gasteiger partial charge in [-0.1, -0.05) is 20.8 Å². The van der Waals surface area contributed by atoms with Crippen LogP contribution in [0.1, 0.15) is 46.5 Å². The Morgan fingerprint density at radius 3 is 2.29 bits per heavy atom. The van der Waals surface area contributed by atoms with Gasteiger partial charge in [-0.2, -0.15) is 0 Å². The van der Waals surface area contributed by atoms with Gasteiger partial charge in [-0.05, 0) is 31.6 Å². The van der Waals surface area contributed by atoms with Gasteiger partial charge < -0.3 is 16.4 Å². The van der Waals surface area contributed by atoms with E-state index >= 15 is 0 Å². The number of carbonyl (C=O) groups excluding carboxylic acids is 2. The average molecular weight is 385 g/mol. The van der Waals surface area contributed by atoms with Crippen molar-refractivity contribution in [1.29, 1.82) is 0 Å². The molecule has 0 aromatic heterocycles. The quantitative estimate of drug-likeness (QED) is 0.588. The van der Waals surface area contributed by atoms with Crippen molar-refractivity contribution in [3.8, 4) is 0 Å². The SMILES string of the molecule is CCCNC(=O)CN1CCC(NC(=O)[C@@H](N)CC(C)C)CC1.Cl.Cl. The van der Waals surface area contributed by atoms with Crippen LogP contribution < -0.4 is 16.4 Å². The second-order valence-corrected chi connectivity index (χ2v) is 6.65. The Morgan fingerprint density at radius 2 is 1.79 bits per heavy atom. The van der Waals surface area contributed by atoms with Crippen molar-refractivity contribution < 1.29 is 9.59 Å². The van der Waals surface area contributed by atoms with Crippen molar-refractivity contribution in [3.63, 3.8) is 0 Å². The van der Waals surface area contributed by atoms with Gasteiger partial charge in [0, 0.05) is 25.7 Å². The van der Waals surface area contributed by atoms with E-state index in [4.69, 9.17) is 5.73 Å². The molecular weight excluding hydrogens is 351 g/mol. The topological polar surface area (TPSA) is 87.5 Å². The Hall–Kier alpha value is -0.560. The fourth-order valence-electron chi connectivity index (χ4n) is 2.68. The first-order valence-electron chi connectivity index (χ1n) is 8.47. The lowest BCUT2D eigenvalue weighted by atomic mass is 10.0. The molecule has 24 heavy (non-hydrogen) atoms. The lowest BCUT2D eigenvalue weighted by Gasteiger charge is -2.32. The summed E-state index contributed by atoms with van der Waals surface area (Å²) in [5.41, 5.74) is 5.90. The molecule has 1 rings (SSSR count). The molecule has 1 atom stereocenters. The molecule has 0 saturated carbocycles. The molecule has 1 aliphatic heterocycles. The highest BCUT2D eigenvalue weighted by molar-refractivity contribution is 5.85. The number of piperidine rings is 1. The van der Waals surface area contributed by atoms with E-state index in [1.54, 1.807) is 0 Å². The highest BCUT2D eigenvalue weighted by Crippen LogP contribution is 2.11. The summed E-state index contributed by atoms with van der Waals surface area (Å²) in [5.74, 6) is 0.459. The number of nitrogens with two attached hydrogens (primary N) is 1. The van der Waals surface area contributed by atoms with Gasteiger partial charge in [0.15, 0.2) is 0 Å². The number of nitrogens with zero attached hydrogens (tertiary/aromatic N) is 1. The molecule has 0 aromatic carbocycles. The van der Waals surface area contributed by atoms with Gasteiger partial charge in [-0.15, -0.1) is 24.8 Å². The van der Waals surface area contributed by atoms with Gasteiger partial charge in [-0.25, -0.2) is 0 Å². The molecule has 1 saturated heterocycles. The molecule has 1 fully saturated rings. The van der Waals surface area contributed by atoms with E-state index in [2.05, 4.69) is 29.4 Å². The number of hydrogen-bond acceptors (Lipinski definition) is 4. The maximum atomic E-state index is 12.0. The third-order valence-electron chi connectivity index (χ3n) is 3.94. The van der Waals surface area contributed by atoms with Crippen molar-refractivity contribution in [2.75, 3.05) is 26.2 Å². The molecular formula is C16H34Cl2N4O2. The van der Waals surface area contributed by atoms with Crippen molar-refractivity contribution in [2.24, 2.45) is 11.7 Å². The van der Waals surface area contributed by atoms with Crippen LogP contribution in [0, 0.1) is 5.92 Å². The van der Waals surface area contributed by atoms with Crippen molar-refractivity contribution in [1.82, 2.24) is 15.5 Å². The van der Waals surface area contributed by atoms with E-state index in [0.29, 0.717) is 18.9 Å². The van der Waals surface area contributed by atoms with Crippen LogP contribution in [-0.2, 0) is 9.59 Å². The van der Waals surface area contributed by atoms with Crippen LogP contribution in [-0.4, -0.2) is 55.0 Å². The smallest absolute Gasteiger partial charge is 0.237 e. The van der Waals surface area contributed by atoms with Crippen LogP contribution in [0.15, 0.2) is 0 Å². The molecule has 4 N–H and O–H groups in total. The molecule has 0 aromatic rings. The van der Waals surface area contributed by atoms with Gasteiger partial charge >= 0.3 is 0 Å². The first-order valence-corrected chi connectivity index (χ1v) is 8.47. The van der Waals surface area contributed by atoms with Crippen molar-refractivity contribution in [3.05, 3.63) is 0 Å². The zero-order valence-electron chi connectivity index (χ0n) is 15.0. The van der Waals surface area contributed by atoms with E-state index in [0.717, 1.165) is 38.9 Å². The normalized spacial score (nSPS) is 16.7. The average Bonchev–Trinajstić information content (AvgIpc) is 2.46. The Bertz CT molecular complexity index is 362. The summed E-state index contributed by atoms with van der Waals surface area (Å²) in [6.07, 6.45) is 3.42. The van der Waals surface area contributed by atoms with Crippen LogP contribution in [0.2, 0.25) is 0 Å². The predicted molar refractivity (Wildman–Crippen MR) is 103 cm³/mol. The van der Waals surface area contributed by atoms with Crippen molar-refractivity contribution in [2.45, 2.75) is 58.5 Å². The fraction of sp³-hybridized carbons (Fsp3) is 0.875. The Balaban J connectivity index is 0. The minimum atomic E-state index is -0.419. The number of carbonyl (C=O) groups is 2. The number of amides is 2.